The van der Waals surface area contributed by atoms with E-state index in [1.165, 1.54) is 0 Å². The molecule has 0 unspecified atom stereocenters. The number of pyridine rings is 1. The number of carbonyl (C=O) groups is 1. The van der Waals surface area contributed by atoms with Gasteiger partial charge in [-0.25, -0.2) is 4.98 Å². The second kappa shape index (κ2) is 7.76. The number of aromatic nitrogens is 1. The number of thioether (sulfide) groups is 1. The summed E-state index contributed by atoms with van der Waals surface area (Å²) in [6.07, 6.45) is 3.64. The van der Waals surface area contributed by atoms with Crippen molar-refractivity contribution in [3.8, 4) is 0 Å². The highest BCUT2D eigenvalue weighted by Crippen LogP contribution is 2.22. The van der Waals surface area contributed by atoms with E-state index in [0.717, 1.165) is 47.5 Å². The van der Waals surface area contributed by atoms with Crippen molar-refractivity contribution in [1.82, 2.24) is 10.3 Å². The Bertz CT molecular complexity index is 829. The van der Waals surface area contributed by atoms with Crippen LogP contribution in [0.4, 0.5) is 5.82 Å². The van der Waals surface area contributed by atoms with Gasteiger partial charge in [0, 0.05) is 23.7 Å². The molecule has 0 saturated carbocycles. The van der Waals surface area contributed by atoms with E-state index in [4.69, 9.17) is 10.8 Å². The Morgan fingerprint density at radius 3 is 2.88 bits per heavy atom. The maximum absolute atomic E-state index is 12.3. The molecule has 1 atom stereocenters. The SMILES string of the molecule is CC(=N)SC(=N)c1ccc2cnc(NC(=O)[C@H]3CCCNC3)cc2c1. The van der Waals surface area contributed by atoms with Crippen LogP contribution < -0.4 is 10.6 Å². The number of rotatable bonds is 3. The highest BCUT2D eigenvalue weighted by molar-refractivity contribution is 8.26. The first-order chi connectivity index (χ1) is 12.0. The Hall–Kier alpha value is -2.25. The van der Waals surface area contributed by atoms with Crippen LogP contribution in [-0.4, -0.2) is 34.1 Å². The Balaban J connectivity index is 1.79. The maximum Gasteiger partial charge on any atom is 0.229 e. The van der Waals surface area contributed by atoms with Crippen molar-refractivity contribution in [3.63, 3.8) is 0 Å². The summed E-state index contributed by atoms with van der Waals surface area (Å²) < 4.78 is 0. The molecule has 2 heterocycles. The van der Waals surface area contributed by atoms with E-state index < -0.39 is 0 Å². The number of amides is 1. The van der Waals surface area contributed by atoms with Gasteiger partial charge in [0.15, 0.2) is 0 Å². The summed E-state index contributed by atoms with van der Waals surface area (Å²) in [7, 11) is 0. The molecular formula is C18H21N5OS. The zero-order valence-electron chi connectivity index (χ0n) is 14.1. The van der Waals surface area contributed by atoms with Crippen molar-refractivity contribution in [1.29, 1.82) is 10.8 Å². The highest BCUT2D eigenvalue weighted by atomic mass is 32.2. The topological polar surface area (TPSA) is 102 Å². The van der Waals surface area contributed by atoms with Crippen LogP contribution in [0.25, 0.3) is 10.8 Å². The molecule has 0 radical (unpaired) electrons. The van der Waals surface area contributed by atoms with E-state index >= 15 is 0 Å². The van der Waals surface area contributed by atoms with E-state index in [-0.39, 0.29) is 11.8 Å². The number of hydrogen-bond donors (Lipinski definition) is 4. The summed E-state index contributed by atoms with van der Waals surface area (Å²) in [5.41, 5.74) is 0.754. The van der Waals surface area contributed by atoms with Crippen molar-refractivity contribution < 1.29 is 4.79 Å². The van der Waals surface area contributed by atoms with Crippen LogP contribution in [-0.2, 0) is 4.79 Å². The molecule has 6 nitrogen and oxygen atoms in total. The van der Waals surface area contributed by atoms with Crippen LogP contribution in [0, 0.1) is 16.7 Å². The first-order valence-corrected chi connectivity index (χ1v) is 9.08. The van der Waals surface area contributed by atoms with Crippen LogP contribution >= 0.6 is 11.8 Å². The molecule has 0 aliphatic carbocycles. The van der Waals surface area contributed by atoms with Gasteiger partial charge in [0.2, 0.25) is 5.91 Å². The van der Waals surface area contributed by atoms with E-state index in [0.29, 0.717) is 22.5 Å². The van der Waals surface area contributed by atoms with Gasteiger partial charge in [0.1, 0.15) is 10.9 Å². The molecule has 4 N–H and O–H groups in total. The molecule has 130 valence electrons. The molecule has 1 amide bonds. The smallest absolute Gasteiger partial charge is 0.229 e. The number of fused-ring (bicyclic) bond motifs is 1. The Morgan fingerprint density at radius 1 is 1.32 bits per heavy atom. The molecule has 3 rings (SSSR count). The minimum Gasteiger partial charge on any atom is -0.316 e. The van der Waals surface area contributed by atoms with Gasteiger partial charge in [-0.3, -0.25) is 15.6 Å². The second-order valence-corrected chi connectivity index (χ2v) is 7.38. The molecule has 1 saturated heterocycles. The van der Waals surface area contributed by atoms with Crippen molar-refractivity contribution in [3.05, 3.63) is 36.0 Å². The van der Waals surface area contributed by atoms with Gasteiger partial charge in [-0.05, 0) is 43.8 Å². The van der Waals surface area contributed by atoms with Crippen LogP contribution in [0.2, 0.25) is 0 Å². The summed E-state index contributed by atoms with van der Waals surface area (Å²) >= 11 is 1.12. The molecule has 1 aliphatic rings. The van der Waals surface area contributed by atoms with Crippen LogP contribution in [0.3, 0.4) is 0 Å². The molecule has 1 aliphatic heterocycles. The molecule has 1 aromatic carbocycles. The number of benzene rings is 1. The number of carbonyl (C=O) groups excluding carboxylic acids is 1. The number of nitrogens with one attached hydrogen (secondary N) is 4. The summed E-state index contributed by atoms with van der Waals surface area (Å²) in [6.45, 7) is 3.35. The van der Waals surface area contributed by atoms with Crippen molar-refractivity contribution in [2.45, 2.75) is 19.8 Å². The summed E-state index contributed by atoms with van der Waals surface area (Å²) in [5, 5.41) is 24.3. The Kier molecular flexibility index (Phi) is 5.45. The molecule has 25 heavy (non-hydrogen) atoms. The third-order valence-electron chi connectivity index (χ3n) is 4.16. The van der Waals surface area contributed by atoms with E-state index in [9.17, 15) is 4.79 Å². The Labute approximate surface area is 150 Å². The molecular weight excluding hydrogens is 334 g/mol. The lowest BCUT2D eigenvalue weighted by Crippen LogP contribution is -2.37. The third-order valence-corrected chi connectivity index (χ3v) is 4.90. The zero-order valence-corrected chi connectivity index (χ0v) is 14.9. The minimum atomic E-state index is -0.0160. The molecule has 7 heteroatoms. The first kappa shape index (κ1) is 17.6. The predicted molar refractivity (Wildman–Crippen MR) is 104 cm³/mol. The Morgan fingerprint density at radius 2 is 2.16 bits per heavy atom. The first-order valence-electron chi connectivity index (χ1n) is 8.26. The lowest BCUT2D eigenvalue weighted by Gasteiger charge is -2.21. The second-order valence-electron chi connectivity index (χ2n) is 6.15. The summed E-state index contributed by atoms with van der Waals surface area (Å²) in [5.74, 6) is 0.512. The lowest BCUT2D eigenvalue weighted by atomic mass is 9.99. The van der Waals surface area contributed by atoms with Crippen LogP contribution in [0.5, 0.6) is 0 Å². The lowest BCUT2D eigenvalue weighted by molar-refractivity contribution is -0.120. The minimum absolute atomic E-state index is 0.00191. The number of piperidine rings is 1. The molecule has 0 bridgehead atoms. The van der Waals surface area contributed by atoms with Gasteiger partial charge >= 0.3 is 0 Å². The van der Waals surface area contributed by atoms with Crippen LogP contribution in [0.15, 0.2) is 30.5 Å². The van der Waals surface area contributed by atoms with Gasteiger partial charge in [-0.2, -0.15) is 0 Å². The third kappa shape index (κ3) is 4.43. The monoisotopic (exact) mass is 355 g/mol. The number of anilines is 1. The highest BCUT2D eigenvalue weighted by Gasteiger charge is 2.21. The summed E-state index contributed by atoms with van der Waals surface area (Å²) in [6, 6.07) is 7.49. The van der Waals surface area contributed by atoms with E-state index in [2.05, 4.69) is 15.6 Å². The maximum atomic E-state index is 12.3. The summed E-state index contributed by atoms with van der Waals surface area (Å²) in [4.78, 5) is 16.7. The van der Waals surface area contributed by atoms with Gasteiger partial charge in [-0.1, -0.05) is 23.9 Å². The number of nitrogens with zero attached hydrogens (tertiary/aromatic N) is 1. The van der Waals surface area contributed by atoms with Crippen molar-refractivity contribution in [2.24, 2.45) is 5.92 Å². The molecule has 2 aromatic rings. The van der Waals surface area contributed by atoms with Gasteiger partial charge in [0.05, 0.1) is 11.0 Å². The molecule has 1 fully saturated rings. The molecule has 0 spiro atoms. The number of hydrogen-bond acceptors (Lipinski definition) is 6. The molecule has 1 aromatic heterocycles. The van der Waals surface area contributed by atoms with Crippen molar-refractivity contribution >= 4 is 44.3 Å². The van der Waals surface area contributed by atoms with E-state index in [1.807, 2.05) is 24.3 Å². The fourth-order valence-electron chi connectivity index (χ4n) is 2.87. The van der Waals surface area contributed by atoms with Crippen LogP contribution in [0.1, 0.15) is 25.3 Å². The van der Waals surface area contributed by atoms with Gasteiger partial charge in [-0.15, -0.1) is 0 Å². The average Bonchev–Trinajstić information content (AvgIpc) is 2.61. The normalized spacial score (nSPS) is 17.2. The van der Waals surface area contributed by atoms with Gasteiger partial charge < -0.3 is 10.6 Å². The fraction of sp³-hybridized carbons (Fsp3) is 0.333. The van der Waals surface area contributed by atoms with Gasteiger partial charge in [0.25, 0.3) is 0 Å². The fourth-order valence-corrected chi connectivity index (χ4v) is 3.42. The average molecular weight is 355 g/mol. The standard InChI is InChI=1S/C18H21N5OS/c1-11(19)25-17(20)12-4-5-13-10-22-16(8-15(13)7-12)23-18(24)14-3-2-6-21-9-14/h4-5,7-8,10,14,19-21H,2-3,6,9H2,1H3,(H,22,23,24)/t14-/m0/s1. The zero-order chi connectivity index (χ0) is 17.8. The largest absolute Gasteiger partial charge is 0.316 e. The van der Waals surface area contributed by atoms with E-state index in [1.54, 1.807) is 13.1 Å². The van der Waals surface area contributed by atoms with Crippen molar-refractivity contribution in [2.75, 3.05) is 18.4 Å². The quantitative estimate of drug-likeness (QED) is 0.501. The predicted octanol–water partition coefficient (Wildman–Crippen LogP) is 3.23.